The van der Waals surface area contributed by atoms with E-state index in [2.05, 4.69) is 156 Å². The van der Waals surface area contributed by atoms with Gasteiger partial charge in [0.15, 0.2) is 11.5 Å². The molecule has 6 heteroatoms. The molecular weight excluding hydrogens is 678 g/mol. The second-order valence-electron chi connectivity index (χ2n) is 18.2. The molecule has 0 spiro atoms. The van der Waals surface area contributed by atoms with Gasteiger partial charge in [0.2, 0.25) is 0 Å². The average molecular weight is 731 g/mol. The summed E-state index contributed by atoms with van der Waals surface area (Å²) in [5, 5.41) is 2.10. The molecule has 270 valence electrons. The zero-order chi connectivity index (χ0) is 37.4. The fraction of sp³-hybridized carbons (Fsp3) is 0.348. The molecule has 2 unspecified atom stereocenters. The molecule has 0 fully saturated rings. The lowest BCUT2D eigenvalue weighted by atomic mass is 9.78. The highest BCUT2D eigenvalue weighted by atomic mass is 31.2. The van der Waals surface area contributed by atoms with E-state index in [1.165, 1.54) is 22.3 Å². The number of hydrogen-bond donors (Lipinski definition) is 0. The highest BCUT2D eigenvalue weighted by Gasteiger charge is 2.38. The Hall–Kier alpha value is -3.84. The minimum atomic E-state index is -1.53. The summed E-state index contributed by atoms with van der Waals surface area (Å²) >= 11 is 0. The molecule has 2 aliphatic heterocycles. The molecule has 7 rings (SSSR count). The Balaban J connectivity index is 1.28. The van der Waals surface area contributed by atoms with E-state index in [0.717, 1.165) is 44.4 Å². The van der Waals surface area contributed by atoms with Crippen LogP contribution in [0, 0.1) is 0 Å². The smallest absolute Gasteiger partial charge is 0.326 e. The fourth-order valence-electron chi connectivity index (χ4n) is 6.74. The van der Waals surface area contributed by atoms with Crippen molar-refractivity contribution in [3.63, 3.8) is 0 Å². The van der Waals surface area contributed by atoms with Gasteiger partial charge < -0.3 is 18.1 Å². The van der Waals surface area contributed by atoms with E-state index in [9.17, 15) is 0 Å². The van der Waals surface area contributed by atoms with Crippen LogP contribution < -0.4 is 28.7 Å². The number of hydrogen-bond acceptors (Lipinski definition) is 4. The third kappa shape index (κ3) is 6.86. The summed E-state index contributed by atoms with van der Waals surface area (Å²) in [5.74, 6) is 3.06. The molecule has 5 aromatic carbocycles. The van der Waals surface area contributed by atoms with E-state index >= 15 is 0 Å². The molecule has 0 N–H and O–H groups in total. The van der Waals surface area contributed by atoms with Crippen LogP contribution in [0.15, 0.2) is 97.1 Å². The Kier molecular flexibility index (Phi) is 9.08. The van der Waals surface area contributed by atoms with Gasteiger partial charge in [-0.15, -0.1) is 0 Å². The van der Waals surface area contributed by atoms with Crippen LogP contribution >= 0.6 is 16.8 Å². The molecule has 0 bridgehead atoms. The van der Waals surface area contributed by atoms with Crippen LogP contribution in [0.3, 0.4) is 0 Å². The third-order valence-electron chi connectivity index (χ3n) is 9.87. The van der Waals surface area contributed by atoms with Crippen molar-refractivity contribution >= 4 is 27.4 Å². The average Bonchev–Trinajstić information content (AvgIpc) is 3.06. The molecule has 0 saturated heterocycles. The van der Waals surface area contributed by atoms with Crippen molar-refractivity contribution in [2.75, 3.05) is 0 Å². The highest BCUT2D eigenvalue weighted by Crippen LogP contribution is 2.57. The molecule has 2 aliphatic rings. The quantitative estimate of drug-likeness (QED) is 0.173. The molecular formula is C46H52O4P2. The first-order chi connectivity index (χ1) is 24.3. The summed E-state index contributed by atoms with van der Waals surface area (Å²) in [6.07, 6.45) is 0. The van der Waals surface area contributed by atoms with Crippen LogP contribution in [0.1, 0.15) is 105 Å². The maximum atomic E-state index is 6.99. The van der Waals surface area contributed by atoms with E-state index in [1.54, 1.807) is 0 Å². The summed E-state index contributed by atoms with van der Waals surface area (Å²) in [5.41, 5.74) is 9.22. The lowest BCUT2D eigenvalue weighted by molar-refractivity contribution is 0.448. The SMILES string of the molecule is CC(C)(C)c1cc2c(c(C(C)(C)C)c1)OP(Oc1ccccc1OP1Oc3c(cc(C(C)(C)C)cc3C(C)(C)C)-c3ccccc31)c1ccccc1-2. The molecule has 5 aromatic rings. The van der Waals surface area contributed by atoms with Crippen LogP contribution in [0.4, 0.5) is 0 Å². The van der Waals surface area contributed by atoms with Crippen LogP contribution in [0.5, 0.6) is 23.0 Å². The van der Waals surface area contributed by atoms with Crippen LogP contribution in [-0.4, -0.2) is 0 Å². The van der Waals surface area contributed by atoms with Gasteiger partial charge in [-0.2, -0.15) is 0 Å². The predicted molar refractivity (Wildman–Crippen MR) is 221 cm³/mol. The van der Waals surface area contributed by atoms with Crippen molar-refractivity contribution in [3.05, 3.63) is 119 Å². The first kappa shape index (κ1) is 36.5. The summed E-state index contributed by atoms with van der Waals surface area (Å²) in [7, 11) is -3.07. The minimum absolute atomic E-state index is 0.0103. The molecule has 0 aliphatic carbocycles. The number of para-hydroxylation sites is 2. The molecule has 0 aromatic heterocycles. The summed E-state index contributed by atoms with van der Waals surface area (Å²) < 4.78 is 27.9. The van der Waals surface area contributed by atoms with Crippen LogP contribution in [-0.2, 0) is 21.7 Å². The Morgan fingerprint density at radius 3 is 1.10 bits per heavy atom. The lowest BCUT2D eigenvalue weighted by Crippen LogP contribution is -2.24. The first-order valence-corrected chi connectivity index (χ1v) is 20.6. The molecule has 52 heavy (non-hydrogen) atoms. The largest absolute Gasteiger partial charge is 0.434 e. The van der Waals surface area contributed by atoms with Crippen molar-refractivity contribution < 1.29 is 18.1 Å². The zero-order valence-electron chi connectivity index (χ0n) is 32.8. The zero-order valence-corrected chi connectivity index (χ0v) is 34.6. The summed E-state index contributed by atoms with van der Waals surface area (Å²) in [6.45, 7) is 27.1. The van der Waals surface area contributed by atoms with Crippen molar-refractivity contribution in [3.8, 4) is 45.3 Å². The van der Waals surface area contributed by atoms with Crippen molar-refractivity contribution in [1.29, 1.82) is 0 Å². The van der Waals surface area contributed by atoms with Gasteiger partial charge in [0.05, 0.1) is 10.6 Å². The minimum Gasteiger partial charge on any atom is -0.434 e. The van der Waals surface area contributed by atoms with Crippen molar-refractivity contribution in [2.24, 2.45) is 0 Å². The molecule has 0 saturated carbocycles. The molecule has 0 amide bonds. The van der Waals surface area contributed by atoms with Gasteiger partial charge >= 0.3 is 16.8 Å². The number of fused-ring (bicyclic) bond motifs is 6. The van der Waals surface area contributed by atoms with Crippen molar-refractivity contribution in [2.45, 2.75) is 105 Å². The maximum absolute atomic E-state index is 6.99. The first-order valence-electron chi connectivity index (χ1n) is 18.3. The van der Waals surface area contributed by atoms with Gasteiger partial charge in [-0.1, -0.05) is 144 Å². The molecule has 4 nitrogen and oxygen atoms in total. The summed E-state index contributed by atoms with van der Waals surface area (Å²) in [6, 6.07) is 34.2. The highest BCUT2D eigenvalue weighted by molar-refractivity contribution is 7.57. The van der Waals surface area contributed by atoms with Gasteiger partial charge in [0.1, 0.15) is 11.5 Å². The lowest BCUT2D eigenvalue weighted by Gasteiger charge is -2.35. The third-order valence-corrected chi connectivity index (χ3v) is 12.9. The second-order valence-corrected chi connectivity index (χ2v) is 20.9. The van der Waals surface area contributed by atoms with E-state index in [4.69, 9.17) is 18.1 Å². The van der Waals surface area contributed by atoms with Gasteiger partial charge in [0, 0.05) is 22.3 Å². The molecule has 2 heterocycles. The second kappa shape index (κ2) is 12.9. The van der Waals surface area contributed by atoms with Gasteiger partial charge in [-0.25, -0.2) is 0 Å². The van der Waals surface area contributed by atoms with E-state index < -0.39 is 16.8 Å². The van der Waals surface area contributed by atoms with E-state index in [-0.39, 0.29) is 21.7 Å². The monoisotopic (exact) mass is 730 g/mol. The number of rotatable bonds is 4. The van der Waals surface area contributed by atoms with E-state index in [1.807, 2.05) is 24.3 Å². The maximum Gasteiger partial charge on any atom is 0.326 e. The Bertz CT molecular complexity index is 2000. The standard InChI is InChI=1S/C46H52O4P2/c1-43(2,3)29-25-33-31-19-13-17-23-39(31)51(49-41(33)35(27-29)45(7,8)9)47-37-21-15-16-22-38(37)48-52-40-24-18-14-20-32(40)34-26-30(44(4,5)6)28-36(42(34)50-52)46(10,11)12/h13-28H,1-12H3. The Morgan fingerprint density at radius 2 is 0.750 bits per heavy atom. The van der Waals surface area contributed by atoms with Gasteiger partial charge in [-0.05, 0) is 80.3 Å². The topological polar surface area (TPSA) is 36.9 Å². The Labute approximate surface area is 313 Å². The number of benzene rings is 5. The van der Waals surface area contributed by atoms with Crippen molar-refractivity contribution in [1.82, 2.24) is 0 Å². The van der Waals surface area contributed by atoms with Gasteiger partial charge in [0.25, 0.3) is 0 Å². The predicted octanol–water partition coefficient (Wildman–Crippen LogP) is 13.0. The van der Waals surface area contributed by atoms with Gasteiger partial charge in [-0.3, -0.25) is 0 Å². The van der Waals surface area contributed by atoms with Crippen LogP contribution in [0.25, 0.3) is 22.3 Å². The Morgan fingerprint density at radius 1 is 0.404 bits per heavy atom. The van der Waals surface area contributed by atoms with Crippen LogP contribution in [0.2, 0.25) is 0 Å². The normalized spacial score (nSPS) is 16.8. The van der Waals surface area contributed by atoms with E-state index in [0.29, 0.717) is 11.5 Å². The fourth-order valence-corrected chi connectivity index (χ4v) is 9.79. The molecule has 2 atom stereocenters. The summed E-state index contributed by atoms with van der Waals surface area (Å²) in [4.78, 5) is 0. The molecule has 0 radical (unpaired) electrons.